The molecule has 0 spiro atoms. The molecule has 0 saturated carbocycles. The highest BCUT2D eigenvalue weighted by Gasteiger charge is 2.50. The molecule has 4 atom stereocenters. The first-order chi connectivity index (χ1) is 15.6. The van der Waals surface area contributed by atoms with Gasteiger partial charge in [-0.15, -0.1) is 35.3 Å². The van der Waals surface area contributed by atoms with Gasteiger partial charge in [-0.3, -0.25) is 15.0 Å². The number of carbonyl (C=O) groups is 2. The number of nitrogens with one attached hydrogen (secondary N) is 1. The van der Waals surface area contributed by atoms with E-state index in [1.54, 1.807) is 42.2 Å². The van der Waals surface area contributed by atoms with E-state index < -0.39 is 33.8 Å². The number of thioether (sulfide) groups is 3. The molecule has 3 aliphatic rings. The van der Waals surface area contributed by atoms with Gasteiger partial charge in [-0.05, 0) is 48.5 Å². The van der Waals surface area contributed by atoms with Crippen LogP contribution < -0.4 is 5.32 Å². The maximum atomic E-state index is 12.5. The van der Waals surface area contributed by atoms with Crippen molar-refractivity contribution >= 4 is 75.1 Å². The summed E-state index contributed by atoms with van der Waals surface area (Å²) < 4.78 is 10.4. The summed E-state index contributed by atoms with van der Waals surface area (Å²) in [7, 11) is 1.39. The molecule has 0 unspecified atom stereocenters. The molecule has 0 aromatic carbocycles. The van der Waals surface area contributed by atoms with Gasteiger partial charge in [0.1, 0.15) is 16.7 Å². The van der Waals surface area contributed by atoms with Crippen LogP contribution in [0.5, 0.6) is 0 Å². The van der Waals surface area contributed by atoms with Gasteiger partial charge in [0.15, 0.2) is 5.54 Å². The molecular formula is C22H34N4O4S4. The molecule has 0 bridgehead atoms. The van der Waals surface area contributed by atoms with Crippen LogP contribution in [0.1, 0.15) is 48.5 Å². The average molecular weight is 547 g/mol. The number of hydrogen-bond donors (Lipinski definition) is 2. The first-order valence-electron chi connectivity index (χ1n) is 11.0. The summed E-state index contributed by atoms with van der Waals surface area (Å²) in [5.74, 6) is 2.04. The zero-order chi connectivity index (χ0) is 25.6. The summed E-state index contributed by atoms with van der Waals surface area (Å²) in [6, 6.07) is 0. The zero-order valence-electron chi connectivity index (χ0n) is 21.0. The number of alkyl carbamates (subject to hydrolysis) is 1. The van der Waals surface area contributed by atoms with E-state index in [0.717, 1.165) is 20.9 Å². The highest BCUT2D eigenvalue weighted by atomic mass is 32.2. The van der Waals surface area contributed by atoms with Crippen molar-refractivity contribution in [2.45, 2.75) is 76.2 Å². The van der Waals surface area contributed by atoms with Crippen molar-refractivity contribution in [3.05, 3.63) is 0 Å². The van der Waals surface area contributed by atoms with Gasteiger partial charge in [-0.25, -0.2) is 9.59 Å². The number of aliphatic imine (C=N–C) groups is 3. The molecular weight excluding hydrogens is 513 g/mol. The van der Waals surface area contributed by atoms with Crippen LogP contribution >= 0.6 is 47.9 Å². The topological polar surface area (TPSA) is 102 Å². The standard InChI is InChI=1S/C22H34N4O4S4/c1-18(2,3)30-17(28)26-19(4,9-31)13-23-20(5,10-32-13)14-24-21(6,11-33-14)15-25-22(7,12-34-15)16(27)29-8/h31H,9-12H2,1-8H3,(H,26,28)/t19-,20-,21-,22-/m0/s1. The van der Waals surface area contributed by atoms with Gasteiger partial charge in [0.05, 0.1) is 27.8 Å². The summed E-state index contributed by atoms with van der Waals surface area (Å²) in [6.07, 6.45) is -0.494. The van der Waals surface area contributed by atoms with Crippen molar-refractivity contribution in [3.8, 4) is 0 Å². The summed E-state index contributed by atoms with van der Waals surface area (Å²) in [6.45, 7) is 13.3. The maximum absolute atomic E-state index is 12.5. The van der Waals surface area contributed by atoms with Crippen molar-refractivity contribution in [2.24, 2.45) is 15.0 Å². The maximum Gasteiger partial charge on any atom is 0.408 e. The largest absolute Gasteiger partial charge is 0.467 e. The third kappa shape index (κ3) is 5.59. The molecule has 0 aliphatic carbocycles. The lowest BCUT2D eigenvalue weighted by Gasteiger charge is -2.30. The van der Waals surface area contributed by atoms with Crippen LogP contribution in [0.2, 0.25) is 0 Å². The number of esters is 1. The lowest BCUT2D eigenvalue weighted by Crippen LogP contribution is -2.53. The van der Waals surface area contributed by atoms with E-state index in [4.69, 9.17) is 24.5 Å². The van der Waals surface area contributed by atoms with Gasteiger partial charge in [-0.1, -0.05) is 0 Å². The molecule has 0 aromatic heterocycles. The monoisotopic (exact) mass is 546 g/mol. The molecule has 1 N–H and O–H groups in total. The molecule has 3 rings (SSSR count). The molecule has 0 saturated heterocycles. The number of rotatable bonds is 6. The van der Waals surface area contributed by atoms with Gasteiger partial charge in [0, 0.05) is 23.0 Å². The number of thiol groups is 1. The Labute approximate surface area is 220 Å². The Morgan fingerprint density at radius 2 is 1.53 bits per heavy atom. The van der Waals surface area contributed by atoms with E-state index in [1.165, 1.54) is 7.11 Å². The van der Waals surface area contributed by atoms with Crippen molar-refractivity contribution in [1.29, 1.82) is 0 Å². The van der Waals surface area contributed by atoms with Crippen molar-refractivity contribution in [2.75, 3.05) is 30.1 Å². The minimum Gasteiger partial charge on any atom is -0.467 e. The molecule has 1 amide bonds. The smallest absolute Gasteiger partial charge is 0.408 e. The van der Waals surface area contributed by atoms with Crippen LogP contribution in [0.25, 0.3) is 0 Å². The summed E-state index contributed by atoms with van der Waals surface area (Å²) in [5, 5.41) is 5.55. The Balaban J connectivity index is 1.82. The predicted molar refractivity (Wildman–Crippen MR) is 149 cm³/mol. The van der Waals surface area contributed by atoms with Gasteiger partial charge < -0.3 is 14.8 Å². The SMILES string of the molecule is COC(=O)[C@]1(C)CSC([C@]2(C)CSC([C@]3(C)CSC([C@](C)(CS)NC(=O)OC(C)(C)C)=N3)=N2)=N1. The number of nitrogens with zero attached hydrogens (tertiary/aromatic N) is 3. The third-order valence-electron chi connectivity index (χ3n) is 5.63. The molecule has 34 heavy (non-hydrogen) atoms. The normalized spacial score (nSPS) is 33.0. The van der Waals surface area contributed by atoms with Crippen LogP contribution in [0.15, 0.2) is 15.0 Å². The number of carbonyl (C=O) groups excluding carboxylic acids is 2. The van der Waals surface area contributed by atoms with E-state index in [9.17, 15) is 9.59 Å². The fourth-order valence-corrected chi connectivity index (χ4v) is 8.01. The first kappa shape index (κ1) is 27.7. The Hall–Kier alpha value is -0.850. The Bertz CT molecular complexity index is 965. The van der Waals surface area contributed by atoms with Crippen LogP contribution in [0.4, 0.5) is 4.79 Å². The van der Waals surface area contributed by atoms with Gasteiger partial charge >= 0.3 is 12.1 Å². The molecule has 12 heteroatoms. The van der Waals surface area contributed by atoms with Gasteiger partial charge in [0.2, 0.25) is 0 Å². The number of methoxy groups -OCH3 is 1. The van der Waals surface area contributed by atoms with E-state index in [2.05, 4.69) is 31.8 Å². The first-order valence-corrected chi connectivity index (χ1v) is 14.6. The van der Waals surface area contributed by atoms with Crippen molar-refractivity contribution in [3.63, 3.8) is 0 Å². The number of hydrogen-bond acceptors (Lipinski definition) is 11. The van der Waals surface area contributed by atoms with Gasteiger partial charge in [0.25, 0.3) is 0 Å². The summed E-state index contributed by atoms with van der Waals surface area (Å²) >= 11 is 9.35. The fraction of sp³-hybridized carbons (Fsp3) is 0.773. The molecule has 3 aliphatic heterocycles. The Morgan fingerprint density at radius 3 is 2.12 bits per heavy atom. The minimum absolute atomic E-state index is 0.328. The second-order valence-corrected chi connectivity index (χ2v) is 13.8. The number of amides is 1. The predicted octanol–water partition coefficient (Wildman–Crippen LogP) is 4.08. The lowest BCUT2D eigenvalue weighted by molar-refractivity contribution is -0.145. The lowest BCUT2D eigenvalue weighted by atomic mass is 10.0. The van der Waals surface area contributed by atoms with E-state index in [-0.39, 0.29) is 5.97 Å². The Morgan fingerprint density at radius 1 is 0.971 bits per heavy atom. The van der Waals surface area contributed by atoms with Crippen LogP contribution in [0, 0.1) is 0 Å². The average Bonchev–Trinajstić information content (AvgIpc) is 3.45. The molecule has 3 heterocycles. The van der Waals surface area contributed by atoms with E-state index >= 15 is 0 Å². The highest BCUT2D eigenvalue weighted by Crippen LogP contribution is 2.44. The molecule has 8 nitrogen and oxygen atoms in total. The molecule has 0 fully saturated rings. The van der Waals surface area contributed by atoms with Crippen LogP contribution in [-0.4, -0.2) is 85.1 Å². The second kappa shape index (κ2) is 9.55. The quantitative estimate of drug-likeness (QED) is 0.382. The highest BCUT2D eigenvalue weighted by molar-refractivity contribution is 8.17. The molecule has 0 aromatic rings. The van der Waals surface area contributed by atoms with Crippen molar-refractivity contribution < 1.29 is 19.1 Å². The summed E-state index contributed by atoms with van der Waals surface area (Å²) in [5.41, 5.74) is -3.25. The van der Waals surface area contributed by atoms with Crippen LogP contribution in [0.3, 0.4) is 0 Å². The molecule has 0 radical (unpaired) electrons. The second-order valence-electron chi connectivity index (χ2n) is 10.5. The minimum atomic E-state index is -0.874. The zero-order valence-corrected chi connectivity index (χ0v) is 24.3. The van der Waals surface area contributed by atoms with Gasteiger partial charge in [-0.2, -0.15) is 12.6 Å². The third-order valence-corrected chi connectivity index (χ3v) is 10.8. The van der Waals surface area contributed by atoms with E-state index in [0.29, 0.717) is 17.3 Å². The molecule has 190 valence electrons. The van der Waals surface area contributed by atoms with Crippen LogP contribution in [-0.2, 0) is 14.3 Å². The van der Waals surface area contributed by atoms with Crippen molar-refractivity contribution in [1.82, 2.24) is 5.32 Å². The fourth-order valence-electron chi connectivity index (χ4n) is 3.56. The van der Waals surface area contributed by atoms with E-state index in [1.807, 2.05) is 27.7 Å². The Kier molecular flexibility index (Phi) is 7.79. The number of ether oxygens (including phenoxy) is 2. The summed E-state index contributed by atoms with van der Waals surface area (Å²) in [4.78, 5) is 39.5.